The molecule has 3 nitrogen and oxygen atoms in total. The van der Waals surface area contributed by atoms with Gasteiger partial charge in [-0.2, -0.15) is 0 Å². The number of thioether (sulfide) groups is 1. The maximum atomic E-state index is 10.8. The van der Waals surface area contributed by atoms with Gasteiger partial charge in [0.05, 0.1) is 4.92 Å². The largest absolute Gasteiger partial charge is 0.271 e. The summed E-state index contributed by atoms with van der Waals surface area (Å²) in [5, 5.41) is 11.4. The lowest BCUT2D eigenvalue weighted by Crippen LogP contribution is -2.07. The average molecular weight is 316 g/mol. The molecule has 0 N–H and O–H groups in total. The van der Waals surface area contributed by atoms with Gasteiger partial charge in [-0.3, -0.25) is 10.1 Å². The SMILES string of the molecule is O=[N+]([O-])c1cc(Br)cc(SC2CCCCC2)c1. The third kappa shape index (κ3) is 3.71. The lowest BCUT2D eigenvalue weighted by Gasteiger charge is -2.20. The second-order valence-electron chi connectivity index (χ2n) is 4.28. The molecule has 1 saturated carbocycles. The van der Waals surface area contributed by atoms with E-state index in [1.165, 1.54) is 32.1 Å². The maximum Gasteiger partial charge on any atom is 0.271 e. The summed E-state index contributed by atoms with van der Waals surface area (Å²) in [5.74, 6) is 0. The van der Waals surface area contributed by atoms with Crippen LogP contribution in [0.15, 0.2) is 27.6 Å². The number of nitrogens with zero attached hydrogens (tertiary/aromatic N) is 1. The highest BCUT2D eigenvalue weighted by Crippen LogP contribution is 2.36. The van der Waals surface area contributed by atoms with Crippen molar-refractivity contribution in [1.82, 2.24) is 0 Å². The van der Waals surface area contributed by atoms with Crippen LogP contribution in [0, 0.1) is 10.1 Å². The molecule has 0 radical (unpaired) electrons. The summed E-state index contributed by atoms with van der Waals surface area (Å²) in [6.45, 7) is 0. The molecule has 1 aromatic rings. The van der Waals surface area contributed by atoms with Crippen LogP contribution in [0.5, 0.6) is 0 Å². The molecule has 0 amide bonds. The van der Waals surface area contributed by atoms with Gasteiger partial charge in [-0.25, -0.2) is 0 Å². The van der Waals surface area contributed by atoms with Crippen molar-refractivity contribution in [2.24, 2.45) is 0 Å². The van der Waals surface area contributed by atoms with Crippen LogP contribution < -0.4 is 0 Å². The van der Waals surface area contributed by atoms with Crippen LogP contribution in [-0.2, 0) is 0 Å². The standard InChI is InChI=1S/C12H14BrNO2S/c13-9-6-10(14(15)16)8-12(7-9)17-11-4-2-1-3-5-11/h6-8,11H,1-5H2. The quantitative estimate of drug-likeness (QED) is 0.595. The Morgan fingerprint density at radius 1 is 1.24 bits per heavy atom. The Morgan fingerprint density at radius 3 is 2.59 bits per heavy atom. The molecule has 17 heavy (non-hydrogen) atoms. The van der Waals surface area contributed by atoms with Gasteiger partial charge in [-0.15, -0.1) is 11.8 Å². The molecule has 0 saturated heterocycles. The fourth-order valence-electron chi connectivity index (χ4n) is 2.10. The number of halogens is 1. The van der Waals surface area contributed by atoms with Crippen LogP contribution in [0.2, 0.25) is 0 Å². The topological polar surface area (TPSA) is 43.1 Å². The van der Waals surface area contributed by atoms with Gasteiger partial charge in [0.15, 0.2) is 0 Å². The van der Waals surface area contributed by atoms with Crippen molar-refractivity contribution in [2.45, 2.75) is 42.2 Å². The first-order valence-electron chi connectivity index (χ1n) is 5.77. The molecule has 0 spiro atoms. The van der Waals surface area contributed by atoms with E-state index < -0.39 is 0 Å². The molecule has 0 heterocycles. The molecule has 1 aliphatic carbocycles. The number of benzene rings is 1. The van der Waals surface area contributed by atoms with Gasteiger partial charge in [0, 0.05) is 26.8 Å². The van der Waals surface area contributed by atoms with Crippen LogP contribution in [0.4, 0.5) is 5.69 Å². The van der Waals surface area contributed by atoms with Gasteiger partial charge in [0.25, 0.3) is 5.69 Å². The maximum absolute atomic E-state index is 10.8. The smallest absolute Gasteiger partial charge is 0.258 e. The van der Waals surface area contributed by atoms with E-state index in [-0.39, 0.29) is 10.6 Å². The van der Waals surface area contributed by atoms with E-state index in [9.17, 15) is 10.1 Å². The average Bonchev–Trinajstić information content (AvgIpc) is 2.29. The summed E-state index contributed by atoms with van der Waals surface area (Å²) in [6.07, 6.45) is 6.35. The first-order chi connectivity index (χ1) is 8.15. The number of rotatable bonds is 3. The normalized spacial score (nSPS) is 17.0. The van der Waals surface area contributed by atoms with Crippen molar-refractivity contribution in [1.29, 1.82) is 0 Å². The van der Waals surface area contributed by atoms with Crippen LogP contribution in [0.3, 0.4) is 0 Å². The number of hydrogen-bond acceptors (Lipinski definition) is 3. The van der Waals surface area contributed by atoms with Crippen LogP contribution in [-0.4, -0.2) is 10.2 Å². The Hall–Kier alpha value is -0.550. The minimum atomic E-state index is -0.338. The lowest BCUT2D eigenvalue weighted by molar-refractivity contribution is -0.385. The van der Waals surface area contributed by atoms with Crippen molar-refractivity contribution in [3.63, 3.8) is 0 Å². The molecule has 1 aliphatic rings. The molecule has 0 atom stereocenters. The molecular weight excluding hydrogens is 302 g/mol. The lowest BCUT2D eigenvalue weighted by atomic mass is 10.0. The Morgan fingerprint density at radius 2 is 1.94 bits per heavy atom. The van der Waals surface area contributed by atoms with E-state index in [1.807, 2.05) is 6.07 Å². The molecule has 0 aliphatic heterocycles. The Kier molecular flexibility index (Phi) is 4.45. The zero-order valence-corrected chi connectivity index (χ0v) is 11.8. The Balaban J connectivity index is 2.11. The van der Waals surface area contributed by atoms with E-state index in [2.05, 4.69) is 15.9 Å². The van der Waals surface area contributed by atoms with Crippen molar-refractivity contribution in [2.75, 3.05) is 0 Å². The number of hydrogen-bond donors (Lipinski definition) is 0. The molecule has 0 aromatic heterocycles. The molecule has 1 aromatic carbocycles. The third-order valence-electron chi connectivity index (χ3n) is 2.92. The Bertz CT molecular complexity index is 419. The van der Waals surface area contributed by atoms with Gasteiger partial charge < -0.3 is 0 Å². The molecular formula is C12H14BrNO2S. The predicted octanol–water partition coefficient (Wildman–Crippen LogP) is 4.78. The minimum Gasteiger partial charge on any atom is -0.258 e. The number of non-ortho nitro benzene ring substituents is 1. The fraction of sp³-hybridized carbons (Fsp3) is 0.500. The van der Waals surface area contributed by atoms with Crippen LogP contribution >= 0.6 is 27.7 Å². The van der Waals surface area contributed by atoms with Gasteiger partial charge >= 0.3 is 0 Å². The van der Waals surface area contributed by atoms with Gasteiger partial charge in [-0.1, -0.05) is 35.2 Å². The first kappa shape index (κ1) is 12.9. The first-order valence-corrected chi connectivity index (χ1v) is 7.44. The summed E-state index contributed by atoms with van der Waals surface area (Å²) in [6, 6.07) is 5.18. The highest BCUT2D eigenvalue weighted by atomic mass is 79.9. The summed E-state index contributed by atoms with van der Waals surface area (Å²) >= 11 is 5.10. The van der Waals surface area contributed by atoms with Crippen LogP contribution in [0.1, 0.15) is 32.1 Å². The van der Waals surface area contributed by atoms with Crippen molar-refractivity contribution in [3.05, 3.63) is 32.8 Å². The summed E-state index contributed by atoms with van der Waals surface area (Å²) in [4.78, 5) is 11.4. The molecule has 0 bridgehead atoms. The van der Waals surface area contributed by atoms with Gasteiger partial charge in [0.2, 0.25) is 0 Å². The monoisotopic (exact) mass is 315 g/mol. The predicted molar refractivity (Wildman–Crippen MR) is 73.5 cm³/mol. The molecule has 1 fully saturated rings. The molecule has 92 valence electrons. The van der Waals surface area contributed by atoms with E-state index >= 15 is 0 Å². The van der Waals surface area contributed by atoms with E-state index in [4.69, 9.17) is 0 Å². The number of nitro benzene ring substituents is 1. The molecule has 2 rings (SSSR count). The highest BCUT2D eigenvalue weighted by Gasteiger charge is 2.16. The second-order valence-corrected chi connectivity index (χ2v) is 6.57. The molecule has 0 unspecified atom stereocenters. The van der Waals surface area contributed by atoms with Gasteiger partial charge in [0.1, 0.15) is 0 Å². The molecule has 5 heteroatoms. The summed E-state index contributed by atoms with van der Waals surface area (Å²) in [7, 11) is 0. The van der Waals surface area contributed by atoms with Crippen molar-refractivity contribution in [3.8, 4) is 0 Å². The fourth-order valence-corrected chi connectivity index (χ4v) is 4.07. The van der Waals surface area contributed by atoms with E-state index in [1.54, 1.807) is 23.9 Å². The Labute approximate surface area is 113 Å². The number of nitro groups is 1. The minimum absolute atomic E-state index is 0.165. The van der Waals surface area contributed by atoms with E-state index in [0.29, 0.717) is 5.25 Å². The van der Waals surface area contributed by atoms with Crippen molar-refractivity contribution < 1.29 is 4.92 Å². The zero-order valence-electron chi connectivity index (χ0n) is 9.39. The van der Waals surface area contributed by atoms with Gasteiger partial charge in [-0.05, 0) is 18.9 Å². The summed E-state index contributed by atoms with van der Waals surface area (Å²) < 4.78 is 0.782. The summed E-state index contributed by atoms with van der Waals surface area (Å²) in [5.41, 5.74) is 0.165. The van der Waals surface area contributed by atoms with Crippen molar-refractivity contribution >= 4 is 33.4 Å². The van der Waals surface area contributed by atoms with E-state index in [0.717, 1.165) is 9.37 Å². The second kappa shape index (κ2) is 5.87. The third-order valence-corrected chi connectivity index (χ3v) is 4.69. The van der Waals surface area contributed by atoms with Crippen LogP contribution in [0.25, 0.3) is 0 Å². The zero-order chi connectivity index (χ0) is 12.3. The highest BCUT2D eigenvalue weighted by molar-refractivity contribution is 9.10.